The number of ether oxygens (including phenoxy) is 1. The van der Waals surface area contributed by atoms with Gasteiger partial charge in [0.25, 0.3) is 0 Å². The highest BCUT2D eigenvalue weighted by Gasteiger charge is 2.15. The van der Waals surface area contributed by atoms with Crippen LogP contribution in [0.3, 0.4) is 0 Å². The highest BCUT2D eigenvalue weighted by atomic mass is 16.5. The van der Waals surface area contributed by atoms with Crippen LogP contribution in [-0.4, -0.2) is 12.1 Å². The molecule has 35 heavy (non-hydrogen) atoms. The van der Waals surface area contributed by atoms with Crippen LogP contribution in [0.1, 0.15) is 33.5 Å². The molecule has 0 radical (unpaired) electrons. The lowest BCUT2D eigenvalue weighted by Crippen LogP contribution is -2.17. The summed E-state index contributed by atoms with van der Waals surface area (Å²) in [6, 6.07) is 41.5. The molecule has 0 aliphatic carbocycles. The average molecular weight is 463 g/mol. The van der Waals surface area contributed by atoms with Gasteiger partial charge in [-0.1, -0.05) is 109 Å². The summed E-state index contributed by atoms with van der Waals surface area (Å²) in [5.74, 6) is -0.454. The number of hydrogen-bond acceptors (Lipinski definition) is 4. The number of carbonyl (C=O) groups is 1. The van der Waals surface area contributed by atoms with Gasteiger partial charge in [-0.3, -0.25) is 0 Å². The molecule has 0 heterocycles. The van der Waals surface area contributed by atoms with Crippen LogP contribution in [0.15, 0.2) is 121 Å². The van der Waals surface area contributed by atoms with Crippen LogP contribution in [0.4, 0.5) is 0 Å². The molecule has 1 atom stereocenters. The van der Waals surface area contributed by atoms with Crippen LogP contribution in [0.2, 0.25) is 0 Å². The van der Waals surface area contributed by atoms with Gasteiger partial charge in [-0.05, 0) is 35.2 Å². The quantitative estimate of drug-likeness (QED) is 0.295. The van der Waals surface area contributed by atoms with Crippen molar-refractivity contribution in [1.82, 2.24) is 5.32 Å². The molecule has 0 spiro atoms. The lowest BCUT2D eigenvalue weighted by molar-refractivity contribution is 0.0394. The zero-order valence-corrected chi connectivity index (χ0v) is 19.7. The predicted octanol–water partition coefficient (Wildman–Crippen LogP) is 6.34. The molecule has 0 amide bonds. The maximum atomic E-state index is 11.9. The molecule has 4 aromatic rings. The van der Waals surface area contributed by atoms with Gasteiger partial charge >= 0.3 is 5.97 Å². The van der Waals surface area contributed by atoms with Crippen LogP contribution in [0.5, 0.6) is 0 Å². The Hall–Kier alpha value is -4.20. The highest BCUT2D eigenvalue weighted by molar-refractivity contribution is 5.89. The number of aryl methyl sites for hydroxylation is 1. The second kappa shape index (κ2) is 14.8. The number of esters is 1. The topological polar surface area (TPSA) is 62.1 Å². The van der Waals surface area contributed by atoms with Crippen LogP contribution < -0.4 is 5.32 Å². The summed E-state index contributed by atoms with van der Waals surface area (Å²) in [6.07, 6.45) is 0.489. The smallest absolute Gasteiger partial charge is 0.339 e. The van der Waals surface area contributed by atoms with Crippen LogP contribution in [-0.2, 0) is 24.2 Å². The molecule has 176 valence electrons. The number of nitrogens with one attached hydrogen (secondary N) is 1. The lowest BCUT2D eigenvalue weighted by atomic mass is 10.1. The zero-order chi connectivity index (χ0) is 24.6. The summed E-state index contributed by atoms with van der Waals surface area (Å²) in [6.45, 7) is 1.85. The minimum absolute atomic E-state index is 0.454. The number of carbonyl (C=O) groups excluding carboxylic acids is 1. The monoisotopic (exact) mass is 462 g/mol. The van der Waals surface area contributed by atoms with Gasteiger partial charge in [-0.15, -0.1) is 0 Å². The Labute approximate surface area is 207 Å². The van der Waals surface area contributed by atoms with E-state index in [2.05, 4.69) is 53.8 Å². The van der Waals surface area contributed by atoms with Gasteiger partial charge < -0.3 is 10.1 Å². The lowest BCUT2D eigenvalue weighted by Gasteiger charge is -2.11. The van der Waals surface area contributed by atoms with Crippen molar-refractivity contribution in [1.29, 1.82) is 5.26 Å². The summed E-state index contributed by atoms with van der Waals surface area (Å²) < 4.78 is 5.21. The van der Waals surface area contributed by atoms with Crippen LogP contribution in [0.25, 0.3) is 0 Å². The maximum Gasteiger partial charge on any atom is 0.339 e. The number of nitriles is 1. The van der Waals surface area contributed by atoms with Gasteiger partial charge in [0.05, 0.1) is 5.56 Å². The van der Waals surface area contributed by atoms with Crippen molar-refractivity contribution in [2.45, 2.75) is 32.0 Å². The molecule has 0 saturated carbocycles. The predicted molar refractivity (Wildman–Crippen MR) is 139 cm³/mol. The van der Waals surface area contributed by atoms with Gasteiger partial charge in [0.2, 0.25) is 0 Å². The van der Waals surface area contributed by atoms with Crippen molar-refractivity contribution in [2.75, 3.05) is 0 Å². The molecular formula is C31H30N2O2. The average Bonchev–Trinajstić information content (AvgIpc) is 2.93. The van der Waals surface area contributed by atoms with Crippen molar-refractivity contribution in [2.24, 2.45) is 0 Å². The number of hydrogen-bond donors (Lipinski definition) is 1. The SMILES string of the molecule is N#CC(CCc1ccccc1)OC(=O)c1ccccc1.c1ccc(CNCc2ccccc2)cc1. The summed E-state index contributed by atoms with van der Waals surface area (Å²) >= 11 is 0. The van der Waals surface area contributed by atoms with Gasteiger partial charge in [0.15, 0.2) is 6.10 Å². The molecule has 4 rings (SSSR count). The molecule has 1 unspecified atom stereocenters. The Morgan fingerprint density at radius 2 is 1.11 bits per heavy atom. The van der Waals surface area contributed by atoms with Crippen molar-refractivity contribution in [3.63, 3.8) is 0 Å². The van der Waals surface area contributed by atoms with Crippen molar-refractivity contribution >= 4 is 5.97 Å². The van der Waals surface area contributed by atoms with E-state index < -0.39 is 12.1 Å². The third-order valence-electron chi connectivity index (χ3n) is 5.28. The molecule has 0 bridgehead atoms. The minimum Gasteiger partial charge on any atom is -0.443 e. The van der Waals surface area contributed by atoms with Gasteiger partial charge in [-0.25, -0.2) is 4.79 Å². The van der Waals surface area contributed by atoms with E-state index in [1.165, 1.54) is 11.1 Å². The Kier molecular flexibility index (Phi) is 10.8. The molecule has 0 saturated heterocycles. The molecule has 0 aliphatic rings. The van der Waals surface area contributed by atoms with E-state index >= 15 is 0 Å². The first-order chi connectivity index (χ1) is 17.2. The van der Waals surface area contributed by atoms with Crippen molar-refractivity contribution in [3.8, 4) is 6.07 Å². The van der Waals surface area contributed by atoms with Crippen molar-refractivity contribution < 1.29 is 9.53 Å². The normalized spacial score (nSPS) is 10.8. The van der Waals surface area contributed by atoms with E-state index in [4.69, 9.17) is 10.00 Å². The molecule has 0 fully saturated rings. The zero-order valence-electron chi connectivity index (χ0n) is 19.7. The standard InChI is InChI=1S/C17H15NO2.C14H15N/c18-13-16(12-11-14-7-3-1-4-8-14)20-17(19)15-9-5-2-6-10-15;1-3-7-13(8-4-1)11-15-12-14-9-5-2-6-10-14/h1-10,16H,11-12H2;1-10,15H,11-12H2. The number of rotatable bonds is 9. The van der Waals surface area contributed by atoms with E-state index in [-0.39, 0.29) is 0 Å². The summed E-state index contributed by atoms with van der Waals surface area (Å²) in [5.41, 5.74) is 4.25. The molecular weight excluding hydrogens is 432 g/mol. The first-order valence-electron chi connectivity index (χ1n) is 11.7. The number of nitrogens with zero attached hydrogens (tertiary/aromatic N) is 1. The number of benzene rings is 4. The van der Waals surface area contributed by atoms with Crippen LogP contribution >= 0.6 is 0 Å². The molecule has 4 heteroatoms. The summed E-state index contributed by atoms with van der Waals surface area (Å²) in [5, 5.41) is 12.5. The van der Waals surface area contributed by atoms with E-state index in [1.54, 1.807) is 24.3 Å². The Bertz CT molecular complexity index is 1120. The third-order valence-corrected chi connectivity index (χ3v) is 5.28. The molecule has 0 aromatic heterocycles. The third kappa shape index (κ3) is 9.67. The molecule has 4 aromatic carbocycles. The fourth-order valence-corrected chi connectivity index (χ4v) is 3.41. The van der Waals surface area contributed by atoms with Crippen molar-refractivity contribution in [3.05, 3.63) is 144 Å². The summed E-state index contributed by atoms with van der Waals surface area (Å²) in [4.78, 5) is 11.9. The Balaban J connectivity index is 0.000000203. The first kappa shape index (κ1) is 25.4. The largest absolute Gasteiger partial charge is 0.443 e. The Morgan fingerprint density at radius 1 is 0.686 bits per heavy atom. The van der Waals surface area contributed by atoms with E-state index in [9.17, 15) is 4.79 Å². The van der Waals surface area contributed by atoms with E-state index in [0.717, 1.165) is 18.7 Å². The second-order valence-electron chi connectivity index (χ2n) is 7.99. The first-order valence-corrected chi connectivity index (χ1v) is 11.7. The summed E-state index contributed by atoms with van der Waals surface area (Å²) in [7, 11) is 0. The molecule has 1 N–H and O–H groups in total. The second-order valence-corrected chi connectivity index (χ2v) is 7.99. The Morgan fingerprint density at radius 3 is 1.57 bits per heavy atom. The molecule has 0 aliphatic heterocycles. The van der Waals surface area contributed by atoms with Gasteiger partial charge in [0.1, 0.15) is 6.07 Å². The van der Waals surface area contributed by atoms with Crippen LogP contribution in [0, 0.1) is 11.3 Å². The maximum absolute atomic E-state index is 11.9. The van der Waals surface area contributed by atoms with E-state index in [1.807, 2.05) is 54.6 Å². The van der Waals surface area contributed by atoms with Gasteiger partial charge in [-0.2, -0.15) is 5.26 Å². The van der Waals surface area contributed by atoms with Gasteiger partial charge in [0, 0.05) is 19.5 Å². The fraction of sp³-hybridized carbons (Fsp3) is 0.161. The molecule has 4 nitrogen and oxygen atoms in total. The minimum atomic E-state index is -0.720. The van der Waals surface area contributed by atoms with E-state index in [0.29, 0.717) is 18.4 Å². The fourth-order valence-electron chi connectivity index (χ4n) is 3.41. The highest BCUT2D eigenvalue weighted by Crippen LogP contribution is 2.10.